The molecule has 2 atom stereocenters. The number of hydrogen-bond acceptors (Lipinski definition) is 8. The molecular formula is C38H41N3O7. The van der Waals surface area contributed by atoms with E-state index >= 15 is 0 Å². The summed E-state index contributed by atoms with van der Waals surface area (Å²) in [6, 6.07) is 18.6. The number of nitrogens with zero attached hydrogens (tertiary/aromatic N) is 1. The standard InChI is InChI=1S/C38H41N3O7/c1-22(42)40-29-15-12-23-19-34(46-3)37(47-4)38(48-5)36(23)27-13-16-30(32(43)20-28(27)29)39-21-35(44)41-18-8-11-31(41)25-14-17-33(45-2)26-10-7-6-9-24(25)26/h6-7,9-10,13-14,16-17,19-20,29,31H,8,11-12,15,18,21H2,1-5H3,(H,39,43)(H,40,42)/t29-,31-/m0/s1. The first-order chi connectivity index (χ1) is 23.3. The molecule has 250 valence electrons. The summed E-state index contributed by atoms with van der Waals surface area (Å²) in [6.45, 7) is 2.05. The molecule has 1 heterocycles. The molecule has 10 heteroatoms. The zero-order valence-electron chi connectivity index (χ0n) is 28.0. The lowest BCUT2D eigenvalue weighted by atomic mass is 9.95. The number of benzene rings is 3. The summed E-state index contributed by atoms with van der Waals surface area (Å²) in [5, 5.41) is 8.23. The van der Waals surface area contributed by atoms with Crippen molar-refractivity contribution in [3.8, 4) is 34.1 Å². The minimum atomic E-state index is -0.425. The Kier molecular flexibility index (Phi) is 9.43. The number of hydrogen-bond donors (Lipinski definition) is 2. The lowest BCUT2D eigenvalue weighted by molar-refractivity contribution is -0.130. The maximum Gasteiger partial charge on any atom is 0.242 e. The Morgan fingerprint density at radius 3 is 2.29 bits per heavy atom. The van der Waals surface area contributed by atoms with Gasteiger partial charge in [-0.3, -0.25) is 14.4 Å². The summed E-state index contributed by atoms with van der Waals surface area (Å²) in [4.78, 5) is 41.7. The number of methoxy groups -OCH3 is 4. The van der Waals surface area contributed by atoms with Crippen LogP contribution >= 0.6 is 0 Å². The fourth-order valence-corrected chi connectivity index (χ4v) is 7.28. The highest BCUT2D eigenvalue weighted by molar-refractivity contribution is 5.92. The number of fused-ring (bicyclic) bond motifs is 4. The van der Waals surface area contributed by atoms with Crippen LogP contribution in [0.1, 0.15) is 55.0 Å². The number of ether oxygens (including phenoxy) is 4. The molecule has 0 spiro atoms. The summed E-state index contributed by atoms with van der Waals surface area (Å²) >= 11 is 0. The van der Waals surface area contributed by atoms with Crippen LogP contribution in [0.2, 0.25) is 0 Å². The lowest BCUT2D eigenvalue weighted by Crippen LogP contribution is -2.35. The van der Waals surface area contributed by atoms with Crippen molar-refractivity contribution in [1.29, 1.82) is 0 Å². The monoisotopic (exact) mass is 651 g/mol. The zero-order valence-corrected chi connectivity index (χ0v) is 28.0. The highest BCUT2D eigenvalue weighted by Crippen LogP contribution is 2.50. The largest absolute Gasteiger partial charge is 0.496 e. The first-order valence-electron chi connectivity index (χ1n) is 16.2. The van der Waals surface area contributed by atoms with Crippen molar-refractivity contribution >= 4 is 28.3 Å². The van der Waals surface area contributed by atoms with E-state index in [1.807, 2.05) is 47.4 Å². The van der Waals surface area contributed by atoms with Crippen molar-refractivity contribution < 1.29 is 28.5 Å². The van der Waals surface area contributed by atoms with E-state index < -0.39 is 6.04 Å². The van der Waals surface area contributed by atoms with E-state index in [4.69, 9.17) is 18.9 Å². The summed E-state index contributed by atoms with van der Waals surface area (Å²) in [5.74, 6) is 1.94. The molecule has 2 aliphatic rings. The van der Waals surface area contributed by atoms with Gasteiger partial charge in [0.05, 0.1) is 52.8 Å². The number of rotatable bonds is 9. The minimum Gasteiger partial charge on any atom is -0.496 e. The van der Waals surface area contributed by atoms with Crippen LogP contribution in [-0.4, -0.2) is 58.2 Å². The van der Waals surface area contributed by atoms with E-state index in [2.05, 4.69) is 16.7 Å². The van der Waals surface area contributed by atoms with Gasteiger partial charge in [-0.25, -0.2) is 0 Å². The molecule has 10 nitrogen and oxygen atoms in total. The first kappa shape index (κ1) is 32.7. The van der Waals surface area contributed by atoms with E-state index in [1.54, 1.807) is 40.6 Å². The number of anilines is 1. The topological polar surface area (TPSA) is 115 Å². The van der Waals surface area contributed by atoms with E-state index in [0.717, 1.165) is 51.6 Å². The van der Waals surface area contributed by atoms with E-state index in [1.165, 1.54) is 6.92 Å². The van der Waals surface area contributed by atoms with Crippen LogP contribution in [0.25, 0.3) is 21.9 Å². The van der Waals surface area contributed by atoms with Gasteiger partial charge in [0.1, 0.15) is 5.75 Å². The van der Waals surface area contributed by atoms with Gasteiger partial charge in [0.2, 0.25) is 23.0 Å². The second-order valence-corrected chi connectivity index (χ2v) is 12.1. The van der Waals surface area contributed by atoms with Crippen LogP contribution in [-0.2, 0) is 16.0 Å². The Bertz CT molecular complexity index is 1940. The lowest BCUT2D eigenvalue weighted by Gasteiger charge is -2.27. The summed E-state index contributed by atoms with van der Waals surface area (Å²) < 4.78 is 22.8. The van der Waals surface area contributed by atoms with E-state index in [0.29, 0.717) is 42.2 Å². The maximum atomic E-state index is 13.8. The third kappa shape index (κ3) is 5.98. The third-order valence-corrected chi connectivity index (χ3v) is 9.42. The van der Waals surface area contributed by atoms with Crippen LogP contribution < -0.4 is 35.0 Å². The molecule has 1 saturated heterocycles. The Morgan fingerprint density at radius 1 is 0.833 bits per heavy atom. The number of carbonyl (C=O) groups is 2. The Morgan fingerprint density at radius 2 is 1.58 bits per heavy atom. The van der Waals surface area contributed by atoms with Crippen molar-refractivity contribution in [3.63, 3.8) is 0 Å². The number of nitrogens with one attached hydrogen (secondary N) is 2. The van der Waals surface area contributed by atoms with Crippen LogP contribution in [0.15, 0.2) is 65.5 Å². The van der Waals surface area contributed by atoms with Gasteiger partial charge in [0, 0.05) is 24.4 Å². The number of aryl methyl sites for hydroxylation is 1. The molecule has 0 bridgehead atoms. The molecule has 0 saturated carbocycles. The molecule has 4 aromatic carbocycles. The molecule has 0 aromatic heterocycles. The molecule has 1 fully saturated rings. The summed E-state index contributed by atoms with van der Waals surface area (Å²) in [5.41, 5.74) is 4.16. The molecule has 1 aliphatic heterocycles. The molecule has 6 rings (SSSR count). The second-order valence-electron chi connectivity index (χ2n) is 12.1. The summed E-state index contributed by atoms with van der Waals surface area (Å²) in [6.07, 6.45) is 2.89. The molecule has 2 amide bonds. The average molecular weight is 652 g/mol. The highest BCUT2D eigenvalue weighted by atomic mass is 16.5. The Balaban J connectivity index is 1.34. The SMILES string of the molecule is COc1cc2c(c(OC)c1OC)-c1ccc(NCC(=O)N3CCC[C@H]3c3ccc(OC)c4ccccc34)c(=O)cc1[C@@H](NC(C)=O)CC2. The van der Waals surface area contributed by atoms with Crippen LogP contribution in [0.3, 0.4) is 0 Å². The van der Waals surface area contributed by atoms with Crippen LogP contribution in [0.5, 0.6) is 23.0 Å². The van der Waals surface area contributed by atoms with Crippen molar-refractivity contribution in [2.45, 2.75) is 44.7 Å². The number of amides is 2. The fraction of sp³-hybridized carbons (Fsp3) is 0.342. The van der Waals surface area contributed by atoms with Gasteiger partial charge in [-0.15, -0.1) is 0 Å². The molecule has 0 radical (unpaired) electrons. The van der Waals surface area contributed by atoms with E-state index in [9.17, 15) is 14.4 Å². The van der Waals surface area contributed by atoms with Crippen LogP contribution in [0, 0.1) is 0 Å². The molecule has 1 aliphatic carbocycles. The zero-order chi connectivity index (χ0) is 33.9. The van der Waals surface area contributed by atoms with Crippen LogP contribution in [0.4, 0.5) is 5.69 Å². The maximum absolute atomic E-state index is 13.8. The predicted molar refractivity (Wildman–Crippen MR) is 185 cm³/mol. The Hall–Kier alpha value is -5.25. The third-order valence-electron chi connectivity index (χ3n) is 9.42. The van der Waals surface area contributed by atoms with E-state index in [-0.39, 0.29) is 35.5 Å². The van der Waals surface area contributed by atoms with Gasteiger partial charge in [0.25, 0.3) is 0 Å². The second kappa shape index (κ2) is 13.9. The minimum absolute atomic E-state index is 0.0471. The molecule has 4 aromatic rings. The molecular weight excluding hydrogens is 610 g/mol. The number of carbonyl (C=O) groups excluding carboxylic acids is 2. The van der Waals surface area contributed by atoms with Gasteiger partial charge in [-0.2, -0.15) is 0 Å². The fourth-order valence-electron chi connectivity index (χ4n) is 7.28. The van der Waals surface area contributed by atoms with Crippen molar-refractivity contribution in [2.24, 2.45) is 0 Å². The highest BCUT2D eigenvalue weighted by Gasteiger charge is 2.32. The average Bonchev–Trinajstić information content (AvgIpc) is 3.47. The van der Waals surface area contributed by atoms with Gasteiger partial charge >= 0.3 is 0 Å². The van der Waals surface area contributed by atoms with Gasteiger partial charge in [0.15, 0.2) is 11.5 Å². The van der Waals surface area contributed by atoms with Gasteiger partial charge in [-0.1, -0.05) is 36.4 Å². The van der Waals surface area contributed by atoms with Gasteiger partial charge < -0.3 is 34.5 Å². The normalized spacial score (nSPS) is 16.7. The molecule has 48 heavy (non-hydrogen) atoms. The van der Waals surface area contributed by atoms with Crippen molar-refractivity contribution in [2.75, 3.05) is 46.8 Å². The smallest absolute Gasteiger partial charge is 0.242 e. The van der Waals surface area contributed by atoms with Gasteiger partial charge in [-0.05, 0) is 77.6 Å². The summed E-state index contributed by atoms with van der Waals surface area (Å²) in [7, 11) is 6.34. The first-order valence-corrected chi connectivity index (χ1v) is 16.2. The Labute approximate surface area is 279 Å². The predicted octanol–water partition coefficient (Wildman–Crippen LogP) is 5.80. The van der Waals surface area contributed by atoms with Crippen molar-refractivity contribution in [3.05, 3.63) is 87.6 Å². The quantitative estimate of drug-likeness (QED) is 0.233. The molecule has 2 N–H and O–H groups in total. The molecule has 0 unspecified atom stereocenters. The number of likely N-dealkylation sites (tertiary alicyclic amines) is 1. The van der Waals surface area contributed by atoms with Crippen molar-refractivity contribution in [1.82, 2.24) is 10.2 Å².